The number of carboxylic acids is 1. The van der Waals surface area contributed by atoms with Gasteiger partial charge in [0.05, 0.1) is 6.42 Å². The number of carbonyl (C=O) groups is 2. The van der Waals surface area contributed by atoms with Gasteiger partial charge in [0.25, 0.3) is 0 Å². The van der Waals surface area contributed by atoms with Crippen molar-refractivity contribution in [3.8, 4) is 0 Å². The van der Waals surface area contributed by atoms with E-state index < -0.39 is 12.1 Å². The largest absolute Gasteiger partial charge is 0.481 e. The van der Waals surface area contributed by atoms with Crippen LogP contribution >= 0.6 is 0 Å². The van der Waals surface area contributed by atoms with E-state index in [1.807, 2.05) is 0 Å². The summed E-state index contributed by atoms with van der Waals surface area (Å²) in [6, 6.07) is 0. The summed E-state index contributed by atoms with van der Waals surface area (Å²) in [7, 11) is 0. The zero-order valence-electron chi connectivity index (χ0n) is 32.8. The van der Waals surface area contributed by atoms with Crippen LogP contribution in [0.5, 0.6) is 0 Å². The zero-order valence-corrected chi connectivity index (χ0v) is 32.8. The van der Waals surface area contributed by atoms with Crippen molar-refractivity contribution < 1.29 is 19.4 Å². The lowest BCUT2D eigenvalue weighted by Gasteiger charge is -2.16. The molecule has 0 aromatic heterocycles. The topological polar surface area (TPSA) is 63.6 Å². The second-order valence-electron chi connectivity index (χ2n) is 15.3. The van der Waals surface area contributed by atoms with E-state index in [-0.39, 0.29) is 12.4 Å². The fourth-order valence-electron chi connectivity index (χ4n) is 7.09. The lowest BCUT2D eigenvalue weighted by molar-refractivity contribution is -0.153. The van der Waals surface area contributed by atoms with Crippen molar-refractivity contribution in [2.45, 2.75) is 270 Å². The van der Waals surface area contributed by atoms with Crippen molar-refractivity contribution in [3.63, 3.8) is 0 Å². The second kappa shape index (κ2) is 40.4. The Kier molecular flexibility index (Phi) is 39.5. The molecule has 1 atom stereocenters. The molecule has 0 heterocycles. The molecule has 0 aliphatic heterocycles. The van der Waals surface area contributed by atoms with Gasteiger partial charge in [-0.25, -0.2) is 0 Å². The Morgan fingerprint density at radius 2 is 0.646 bits per heavy atom. The van der Waals surface area contributed by atoms with E-state index >= 15 is 0 Å². The maximum Gasteiger partial charge on any atom is 0.307 e. The number of carboxylic acid groups (broad SMARTS) is 1. The predicted molar refractivity (Wildman–Crippen MR) is 209 cm³/mol. The van der Waals surface area contributed by atoms with E-state index in [0.717, 1.165) is 25.7 Å². The lowest BCUT2D eigenvalue weighted by atomic mass is 10.0. The molecule has 0 spiro atoms. The molecule has 0 aliphatic rings. The van der Waals surface area contributed by atoms with Crippen molar-refractivity contribution in [2.24, 2.45) is 0 Å². The van der Waals surface area contributed by atoms with Gasteiger partial charge in [-0.3, -0.25) is 9.59 Å². The first kappa shape index (κ1) is 46.9. The number of unbranched alkanes of at least 4 members (excludes halogenated alkanes) is 34. The van der Waals surface area contributed by atoms with Gasteiger partial charge in [0.15, 0.2) is 0 Å². The highest BCUT2D eigenvalue weighted by Gasteiger charge is 2.17. The molecule has 0 aromatic rings. The molecule has 0 aliphatic carbocycles. The molecular formula is C44H86O4. The predicted octanol–water partition coefficient (Wildman–Crippen LogP) is 15.2. The monoisotopic (exact) mass is 679 g/mol. The number of aliphatic carboxylic acids is 1. The van der Waals surface area contributed by atoms with Crippen LogP contribution in [0.25, 0.3) is 0 Å². The quantitative estimate of drug-likeness (QED) is 0.0516. The maximum absolute atomic E-state index is 12.4. The first-order valence-corrected chi connectivity index (χ1v) is 22.0. The molecule has 1 unspecified atom stereocenters. The Morgan fingerprint density at radius 3 is 0.917 bits per heavy atom. The van der Waals surface area contributed by atoms with E-state index in [1.54, 1.807) is 0 Å². The normalized spacial score (nSPS) is 12.0. The van der Waals surface area contributed by atoms with E-state index in [4.69, 9.17) is 4.74 Å². The van der Waals surface area contributed by atoms with Crippen molar-refractivity contribution >= 4 is 11.9 Å². The van der Waals surface area contributed by atoms with Crippen LogP contribution in [0.3, 0.4) is 0 Å². The van der Waals surface area contributed by atoms with Crippen molar-refractivity contribution in [2.75, 3.05) is 0 Å². The van der Waals surface area contributed by atoms with Gasteiger partial charge in [0.2, 0.25) is 0 Å². The first-order valence-electron chi connectivity index (χ1n) is 22.0. The fraction of sp³-hybridized carbons (Fsp3) is 0.955. The number of esters is 1. The van der Waals surface area contributed by atoms with Crippen LogP contribution < -0.4 is 0 Å². The van der Waals surface area contributed by atoms with Gasteiger partial charge in [0, 0.05) is 6.42 Å². The molecule has 48 heavy (non-hydrogen) atoms. The molecule has 4 heteroatoms. The molecule has 0 radical (unpaired) electrons. The molecule has 0 saturated heterocycles. The summed E-state index contributed by atoms with van der Waals surface area (Å²) < 4.78 is 5.61. The van der Waals surface area contributed by atoms with Crippen LogP contribution in [0.2, 0.25) is 0 Å². The minimum Gasteiger partial charge on any atom is -0.481 e. The molecule has 4 nitrogen and oxygen atoms in total. The Morgan fingerprint density at radius 1 is 0.396 bits per heavy atom. The molecule has 0 aromatic carbocycles. The fourth-order valence-corrected chi connectivity index (χ4v) is 7.09. The highest BCUT2D eigenvalue weighted by atomic mass is 16.5. The Hall–Kier alpha value is -1.06. The van der Waals surface area contributed by atoms with E-state index in [9.17, 15) is 14.7 Å². The van der Waals surface area contributed by atoms with Crippen LogP contribution in [0.4, 0.5) is 0 Å². The van der Waals surface area contributed by atoms with Gasteiger partial charge in [-0.05, 0) is 19.3 Å². The van der Waals surface area contributed by atoms with Crippen LogP contribution in [-0.4, -0.2) is 23.1 Å². The van der Waals surface area contributed by atoms with Gasteiger partial charge in [-0.2, -0.15) is 0 Å². The summed E-state index contributed by atoms with van der Waals surface area (Å²) in [5.41, 5.74) is 0. The van der Waals surface area contributed by atoms with Gasteiger partial charge in [-0.1, -0.05) is 232 Å². The van der Waals surface area contributed by atoms with Gasteiger partial charge < -0.3 is 9.84 Å². The average Bonchev–Trinajstić information content (AvgIpc) is 3.06. The van der Waals surface area contributed by atoms with Crippen molar-refractivity contribution in [1.29, 1.82) is 0 Å². The summed E-state index contributed by atoms with van der Waals surface area (Å²) in [4.78, 5) is 23.7. The third-order valence-corrected chi connectivity index (χ3v) is 10.3. The highest BCUT2D eigenvalue weighted by Crippen LogP contribution is 2.18. The number of rotatable bonds is 41. The Balaban J connectivity index is 3.55. The molecule has 0 rings (SSSR count). The lowest BCUT2D eigenvalue weighted by Crippen LogP contribution is -2.21. The van der Waals surface area contributed by atoms with E-state index in [0.29, 0.717) is 12.8 Å². The molecule has 0 bridgehead atoms. The highest BCUT2D eigenvalue weighted by molar-refractivity contribution is 5.71. The van der Waals surface area contributed by atoms with Gasteiger partial charge >= 0.3 is 11.9 Å². The van der Waals surface area contributed by atoms with Crippen LogP contribution in [0.15, 0.2) is 0 Å². The number of carbonyl (C=O) groups excluding carboxylic acids is 1. The van der Waals surface area contributed by atoms with Gasteiger partial charge in [0.1, 0.15) is 6.10 Å². The van der Waals surface area contributed by atoms with Crippen molar-refractivity contribution in [1.82, 2.24) is 0 Å². The molecule has 286 valence electrons. The van der Waals surface area contributed by atoms with E-state index in [2.05, 4.69) is 13.8 Å². The molecule has 0 fully saturated rings. The van der Waals surface area contributed by atoms with Crippen LogP contribution in [0, 0.1) is 0 Å². The molecular weight excluding hydrogens is 592 g/mol. The minimum absolute atomic E-state index is 0.0656. The smallest absolute Gasteiger partial charge is 0.307 e. The zero-order chi connectivity index (χ0) is 35.0. The van der Waals surface area contributed by atoms with Crippen LogP contribution in [0.1, 0.15) is 264 Å². The van der Waals surface area contributed by atoms with Gasteiger partial charge in [-0.15, -0.1) is 0 Å². The SMILES string of the molecule is CCCCCCCCCCCCCCCCCCCCCC(CC(=O)O)OC(=O)CCCCCCCCCCCCCCCCCCC. The first-order chi connectivity index (χ1) is 23.6. The third kappa shape index (κ3) is 39.4. The molecule has 0 saturated carbocycles. The van der Waals surface area contributed by atoms with Crippen molar-refractivity contribution in [3.05, 3.63) is 0 Å². The maximum atomic E-state index is 12.4. The summed E-state index contributed by atoms with van der Waals surface area (Å²) in [5.74, 6) is -1.08. The molecule has 0 amide bonds. The summed E-state index contributed by atoms with van der Waals surface area (Å²) in [6.07, 6.45) is 48.6. The van der Waals surface area contributed by atoms with E-state index in [1.165, 1.54) is 205 Å². The second-order valence-corrected chi connectivity index (χ2v) is 15.3. The summed E-state index contributed by atoms with van der Waals surface area (Å²) in [5, 5.41) is 9.30. The summed E-state index contributed by atoms with van der Waals surface area (Å²) >= 11 is 0. The number of hydrogen-bond acceptors (Lipinski definition) is 3. The third-order valence-electron chi connectivity index (χ3n) is 10.3. The summed E-state index contributed by atoms with van der Waals surface area (Å²) in [6.45, 7) is 4.57. The number of hydrogen-bond donors (Lipinski definition) is 1. The standard InChI is InChI=1S/C44H86O4/c1-3-5-7-9-11-13-15-17-19-21-22-24-25-27-29-31-33-35-37-39-42(41-43(45)46)48-44(47)40-38-36-34-32-30-28-26-23-20-18-16-14-12-10-8-6-4-2/h42H,3-41H2,1-2H3,(H,45,46). The Bertz CT molecular complexity index is 648. The number of ether oxygens (including phenoxy) is 1. The average molecular weight is 679 g/mol. The Labute approximate surface area is 301 Å². The van der Waals surface area contributed by atoms with Crippen LogP contribution in [-0.2, 0) is 14.3 Å². The molecule has 1 N–H and O–H groups in total. The minimum atomic E-state index is -0.872.